The molecule has 3 rings (SSSR count). The van der Waals surface area contributed by atoms with Crippen LogP contribution in [0.4, 0.5) is 0 Å². The van der Waals surface area contributed by atoms with E-state index in [0.29, 0.717) is 6.04 Å². The van der Waals surface area contributed by atoms with Crippen LogP contribution in [0.15, 0.2) is 4.99 Å². The largest absolute Gasteiger partial charge is 0.355 e. The lowest BCUT2D eigenvalue weighted by atomic mass is 9.82. The van der Waals surface area contributed by atoms with E-state index < -0.39 is 0 Å². The fourth-order valence-electron chi connectivity index (χ4n) is 4.48. The SMILES string of the molecule is CN=C(NCCN(C(C)C)C1CC1)N1CC2CCCCC2C1.I. The summed E-state index contributed by atoms with van der Waals surface area (Å²) in [6.07, 6.45) is 8.52. The zero-order valence-electron chi connectivity index (χ0n) is 15.1. The Labute approximate surface area is 159 Å². The molecule has 2 aliphatic carbocycles. The summed E-state index contributed by atoms with van der Waals surface area (Å²) in [5.41, 5.74) is 0. The maximum absolute atomic E-state index is 4.54. The van der Waals surface area contributed by atoms with Crippen molar-refractivity contribution in [1.82, 2.24) is 15.1 Å². The molecule has 3 aliphatic rings. The topological polar surface area (TPSA) is 30.9 Å². The molecule has 0 spiro atoms. The number of guanidine groups is 1. The minimum absolute atomic E-state index is 0. The van der Waals surface area contributed by atoms with Crippen LogP contribution in [-0.2, 0) is 0 Å². The predicted octanol–water partition coefficient (Wildman–Crippen LogP) is 3.17. The Morgan fingerprint density at radius 3 is 2.22 bits per heavy atom. The fraction of sp³-hybridized carbons (Fsp3) is 0.944. The van der Waals surface area contributed by atoms with Crippen molar-refractivity contribution in [3.05, 3.63) is 0 Å². The molecule has 0 aromatic heterocycles. The quantitative estimate of drug-likeness (QED) is 0.410. The Bertz CT molecular complexity index is 378. The highest BCUT2D eigenvalue weighted by molar-refractivity contribution is 14.0. The van der Waals surface area contributed by atoms with Crippen LogP contribution in [0.3, 0.4) is 0 Å². The Balaban J connectivity index is 0.00000192. The van der Waals surface area contributed by atoms with E-state index in [9.17, 15) is 0 Å². The first-order valence-corrected chi connectivity index (χ1v) is 9.40. The monoisotopic (exact) mass is 434 g/mol. The second kappa shape index (κ2) is 8.88. The zero-order chi connectivity index (χ0) is 15.5. The highest BCUT2D eigenvalue weighted by atomic mass is 127. The number of hydrogen-bond acceptors (Lipinski definition) is 2. The molecule has 0 radical (unpaired) electrons. The lowest BCUT2D eigenvalue weighted by molar-refractivity contribution is 0.214. The number of halogens is 1. The zero-order valence-corrected chi connectivity index (χ0v) is 17.5. The van der Waals surface area contributed by atoms with Crippen molar-refractivity contribution < 1.29 is 0 Å². The van der Waals surface area contributed by atoms with Gasteiger partial charge in [-0.2, -0.15) is 0 Å². The van der Waals surface area contributed by atoms with Crippen molar-refractivity contribution in [1.29, 1.82) is 0 Å². The minimum Gasteiger partial charge on any atom is -0.355 e. The molecule has 2 atom stereocenters. The van der Waals surface area contributed by atoms with Gasteiger partial charge < -0.3 is 10.2 Å². The fourth-order valence-corrected chi connectivity index (χ4v) is 4.48. The number of nitrogens with one attached hydrogen (secondary N) is 1. The molecular weight excluding hydrogens is 399 g/mol. The van der Waals surface area contributed by atoms with Gasteiger partial charge in [-0.05, 0) is 51.4 Å². The molecule has 1 heterocycles. The van der Waals surface area contributed by atoms with Gasteiger partial charge in [-0.25, -0.2) is 0 Å². The Morgan fingerprint density at radius 2 is 1.74 bits per heavy atom. The molecule has 2 saturated carbocycles. The van der Waals surface area contributed by atoms with Crippen molar-refractivity contribution in [2.75, 3.05) is 33.2 Å². The second-order valence-electron chi connectivity index (χ2n) is 7.75. The molecule has 3 fully saturated rings. The van der Waals surface area contributed by atoms with Crippen LogP contribution < -0.4 is 5.32 Å². The number of nitrogens with zero attached hydrogens (tertiary/aromatic N) is 3. The smallest absolute Gasteiger partial charge is 0.193 e. The summed E-state index contributed by atoms with van der Waals surface area (Å²) < 4.78 is 0. The van der Waals surface area contributed by atoms with Gasteiger partial charge in [0.1, 0.15) is 0 Å². The van der Waals surface area contributed by atoms with Crippen LogP contribution in [0.5, 0.6) is 0 Å². The van der Waals surface area contributed by atoms with Gasteiger partial charge in [0.2, 0.25) is 0 Å². The summed E-state index contributed by atoms with van der Waals surface area (Å²) in [4.78, 5) is 9.70. The lowest BCUT2D eigenvalue weighted by Crippen LogP contribution is -2.45. The highest BCUT2D eigenvalue weighted by Gasteiger charge is 2.35. The molecular formula is C18H35IN4. The van der Waals surface area contributed by atoms with E-state index in [1.165, 1.54) is 51.6 Å². The van der Waals surface area contributed by atoms with Gasteiger partial charge in [0, 0.05) is 45.3 Å². The van der Waals surface area contributed by atoms with Gasteiger partial charge in [0.25, 0.3) is 0 Å². The molecule has 134 valence electrons. The van der Waals surface area contributed by atoms with Gasteiger partial charge in [0.05, 0.1) is 0 Å². The molecule has 0 aromatic carbocycles. The third-order valence-electron chi connectivity index (χ3n) is 5.82. The van der Waals surface area contributed by atoms with Crippen LogP contribution in [0.25, 0.3) is 0 Å². The molecule has 1 aliphatic heterocycles. The normalized spacial score (nSPS) is 28.0. The first kappa shape index (κ1) is 19.3. The Morgan fingerprint density at radius 1 is 1.13 bits per heavy atom. The van der Waals surface area contributed by atoms with Crippen molar-refractivity contribution in [2.24, 2.45) is 16.8 Å². The summed E-state index contributed by atoms with van der Waals surface area (Å²) in [5, 5.41) is 3.62. The summed E-state index contributed by atoms with van der Waals surface area (Å²) in [6.45, 7) is 9.24. The number of fused-ring (bicyclic) bond motifs is 1. The standard InChI is InChI=1S/C18H34N4.HI/c1-14(2)22(17-8-9-17)11-10-20-18(19-3)21-12-15-6-4-5-7-16(15)13-21;/h14-17H,4-13H2,1-3H3,(H,19,20);1H. The van der Waals surface area contributed by atoms with Crippen molar-refractivity contribution in [3.8, 4) is 0 Å². The Kier molecular flexibility index (Phi) is 7.45. The summed E-state index contributed by atoms with van der Waals surface area (Å²) in [6, 6.07) is 1.50. The third kappa shape index (κ3) is 4.97. The molecule has 1 N–H and O–H groups in total. The van der Waals surface area contributed by atoms with Gasteiger partial charge >= 0.3 is 0 Å². The average molecular weight is 434 g/mol. The molecule has 0 aromatic rings. The highest BCUT2D eigenvalue weighted by Crippen LogP contribution is 2.36. The maximum Gasteiger partial charge on any atom is 0.193 e. The van der Waals surface area contributed by atoms with Crippen LogP contribution in [0.1, 0.15) is 52.4 Å². The molecule has 2 unspecified atom stereocenters. The summed E-state index contributed by atoms with van der Waals surface area (Å²) in [5.74, 6) is 2.98. The maximum atomic E-state index is 4.54. The van der Waals surface area contributed by atoms with Gasteiger partial charge in [-0.3, -0.25) is 9.89 Å². The number of hydrogen-bond donors (Lipinski definition) is 1. The molecule has 4 nitrogen and oxygen atoms in total. The van der Waals surface area contributed by atoms with Crippen molar-refractivity contribution in [2.45, 2.75) is 64.5 Å². The minimum atomic E-state index is 0. The van der Waals surface area contributed by atoms with Gasteiger partial charge in [-0.15, -0.1) is 24.0 Å². The van der Waals surface area contributed by atoms with Crippen LogP contribution >= 0.6 is 24.0 Å². The van der Waals surface area contributed by atoms with Gasteiger partial charge in [-0.1, -0.05) is 12.8 Å². The number of aliphatic imine (C=N–C) groups is 1. The first-order valence-electron chi connectivity index (χ1n) is 9.40. The molecule has 1 saturated heterocycles. The molecule has 23 heavy (non-hydrogen) atoms. The predicted molar refractivity (Wildman–Crippen MR) is 109 cm³/mol. The van der Waals surface area contributed by atoms with E-state index in [0.717, 1.165) is 36.9 Å². The average Bonchev–Trinajstić information content (AvgIpc) is 3.25. The second-order valence-corrected chi connectivity index (χ2v) is 7.75. The van der Waals surface area contributed by atoms with E-state index in [1.807, 2.05) is 7.05 Å². The van der Waals surface area contributed by atoms with E-state index in [4.69, 9.17) is 0 Å². The van der Waals surface area contributed by atoms with Crippen LogP contribution in [0, 0.1) is 11.8 Å². The van der Waals surface area contributed by atoms with Crippen molar-refractivity contribution in [3.63, 3.8) is 0 Å². The van der Waals surface area contributed by atoms with E-state index in [1.54, 1.807) is 0 Å². The van der Waals surface area contributed by atoms with E-state index >= 15 is 0 Å². The molecule has 0 bridgehead atoms. The van der Waals surface area contributed by atoms with Crippen molar-refractivity contribution >= 4 is 29.9 Å². The first-order chi connectivity index (χ1) is 10.7. The number of likely N-dealkylation sites (tertiary alicyclic amines) is 1. The van der Waals surface area contributed by atoms with E-state index in [2.05, 4.69) is 34.0 Å². The molecule has 0 amide bonds. The summed E-state index contributed by atoms with van der Waals surface area (Å²) >= 11 is 0. The van der Waals surface area contributed by atoms with E-state index in [-0.39, 0.29) is 24.0 Å². The number of rotatable bonds is 5. The Hall–Kier alpha value is -0.0400. The van der Waals surface area contributed by atoms with Gasteiger partial charge in [0.15, 0.2) is 5.96 Å². The van der Waals surface area contributed by atoms with Crippen LogP contribution in [-0.4, -0.2) is 61.1 Å². The molecule has 5 heteroatoms. The third-order valence-corrected chi connectivity index (χ3v) is 5.82. The lowest BCUT2D eigenvalue weighted by Gasteiger charge is -2.28. The van der Waals surface area contributed by atoms with Crippen LogP contribution in [0.2, 0.25) is 0 Å². The summed E-state index contributed by atoms with van der Waals surface area (Å²) in [7, 11) is 1.94.